The van der Waals surface area contributed by atoms with Gasteiger partial charge in [0.05, 0.1) is 12.1 Å². The number of halogens is 1. The van der Waals surface area contributed by atoms with E-state index < -0.39 is 0 Å². The van der Waals surface area contributed by atoms with E-state index in [-0.39, 0.29) is 18.0 Å². The van der Waals surface area contributed by atoms with Gasteiger partial charge in [0, 0.05) is 12.1 Å². The highest BCUT2D eigenvalue weighted by molar-refractivity contribution is 6.30. The van der Waals surface area contributed by atoms with E-state index in [9.17, 15) is 4.79 Å². The fourth-order valence-electron chi connectivity index (χ4n) is 2.32. The number of hydrogen-bond donors (Lipinski definition) is 1. The van der Waals surface area contributed by atoms with Crippen molar-refractivity contribution in [1.82, 2.24) is 10.2 Å². The normalized spacial score (nSPS) is 20.7. The molecule has 1 saturated heterocycles. The maximum absolute atomic E-state index is 12.3. The number of rotatable bonds is 3. The molecule has 0 aliphatic carbocycles. The molecule has 1 aliphatic rings. The van der Waals surface area contributed by atoms with Crippen LogP contribution in [0.4, 0.5) is 0 Å². The minimum atomic E-state index is -0.0170. The smallest absolute Gasteiger partial charge is 0.239 e. The molecule has 1 N–H and O–H groups in total. The third-order valence-electron chi connectivity index (χ3n) is 3.62. The van der Waals surface area contributed by atoms with Gasteiger partial charge in [0.15, 0.2) is 0 Å². The number of hydrogen-bond acceptors (Lipinski definition) is 2. The molecule has 3 nitrogen and oxygen atoms in total. The van der Waals surface area contributed by atoms with Crippen LogP contribution in [0.3, 0.4) is 0 Å². The lowest BCUT2D eigenvalue weighted by molar-refractivity contribution is -0.133. The largest absolute Gasteiger partial charge is 0.338 e. The molecular formula is C14H19ClN2O. The maximum atomic E-state index is 12.3. The first-order valence-electron chi connectivity index (χ1n) is 6.35. The van der Waals surface area contributed by atoms with Gasteiger partial charge in [-0.3, -0.25) is 4.79 Å². The number of nitrogens with one attached hydrogen (secondary N) is 1. The average Bonchev–Trinajstić information content (AvgIpc) is 2.90. The van der Waals surface area contributed by atoms with Crippen LogP contribution in [0.2, 0.25) is 5.02 Å². The summed E-state index contributed by atoms with van der Waals surface area (Å²) in [7, 11) is 1.86. The van der Waals surface area contributed by atoms with Gasteiger partial charge in [-0.2, -0.15) is 0 Å². The van der Waals surface area contributed by atoms with Gasteiger partial charge in [0.25, 0.3) is 0 Å². The average molecular weight is 267 g/mol. The number of carbonyl (C=O) groups is 1. The lowest BCUT2D eigenvalue weighted by Crippen LogP contribution is -2.42. The summed E-state index contributed by atoms with van der Waals surface area (Å²) in [6.07, 6.45) is 2.02. The molecule has 1 aliphatic heterocycles. The van der Waals surface area contributed by atoms with Crippen LogP contribution in [-0.4, -0.2) is 30.4 Å². The Bertz CT molecular complexity index is 430. The van der Waals surface area contributed by atoms with Crippen molar-refractivity contribution >= 4 is 17.5 Å². The van der Waals surface area contributed by atoms with Crippen LogP contribution in [0.25, 0.3) is 0 Å². The summed E-state index contributed by atoms with van der Waals surface area (Å²) >= 11 is 5.98. The Kier molecular flexibility index (Phi) is 4.25. The Morgan fingerprint density at radius 3 is 2.94 bits per heavy atom. The fraction of sp³-hybridized carbons (Fsp3) is 0.500. The summed E-state index contributed by atoms with van der Waals surface area (Å²) in [6, 6.07) is 7.70. The zero-order chi connectivity index (χ0) is 13.1. The molecule has 98 valence electrons. The topological polar surface area (TPSA) is 32.3 Å². The van der Waals surface area contributed by atoms with E-state index in [0.29, 0.717) is 5.02 Å². The standard InChI is InChI=1S/C14H19ClN2O/c1-10(11-5-3-6-12(15)9-11)17(2)14(18)13-7-4-8-16-13/h3,5-6,9-10,13,16H,4,7-8H2,1-2H3/t10?,13-/m0/s1. The van der Waals surface area contributed by atoms with E-state index in [1.807, 2.05) is 38.2 Å². The molecule has 1 aromatic rings. The summed E-state index contributed by atoms with van der Waals surface area (Å²) in [5.41, 5.74) is 1.07. The van der Waals surface area contributed by atoms with Gasteiger partial charge in [0.2, 0.25) is 5.91 Å². The van der Waals surface area contributed by atoms with E-state index >= 15 is 0 Å². The molecule has 1 aromatic carbocycles. The highest BCUT2D eigenvalue weighted by Gasteiger charge is 2.27. The summed E-state index contributed by atoms with van der Waals surface area (Å²) < 4.78 is 0. The van der Waals surface area contributed by atoms with E-state index in [1.54, 1.807) is 4.90 Å². The predicted octanol–water partition coefficient (Wildman–Crippen LogP) is 2.61. The zero-order valence-electron chi connectivity index (χ0n) is 10.8. The van der Waals surface area contributed by atoms with Crippen LogP contribution in [-0.2, 0) is 4.79 Å². The van der Waals surface area contributed by atoms with Crippen molar-refractivity contribution < 1.29 is 4.79 Å². The van der Waals surface area contributed by atoms with Gasteiger partial charge in [0.1, 0.15) is 0 Å². The Labute approximate surface area is 113 Å². The first-order valence-corrected chi connectivity index (χ1v) is 6.73. The predicted molar refractivity (Wildman–Crippen MR) is 73.7 cm³/mol. The van der Waals surface area contributed by atoms with Crippen LogP contribution in [0.1, 0.15) is 31.4 Å². The third kappa shape index (κ3) is 2.85. The fourth-order valence-corrected chi connectivity index (χ4v) is 2.52. The zero-order valence-corrected chi connectivity index (χ0v) is 11.6. The SMILES string of the molecule is CC(c1cccc(Cl)c1)N(C)C(=O)[C@@H]1CCCN1. The van der Waals surface area contributed by atoms with Gasteiger partial charge < -0.3 is 10.2 Å². The monoisotopic (exact) mass is 266 g/mol. The van der Waals surface area contributed by atoms with E-state index in [2.05, 4.69) is 5.32 Å². The van der Waals surface area contributed by atoms with E-state index in [4.69, 9.17) is 11.6 Å². The molecule has 0 bridgehead atoms. The molecule has 0 spiro atoms. The molecule has 4 heteroatoms. The Morgan fingerprint density at radius 1 is 1.56 bits per heavy atom. The molecule has 2 rings (SSSR count). The number of benzene rings is 1. The van der Waals surface area contributed by atoms with Crippen LogP contribution < -0.4 is 5.32 Å². The lowest BCUT2D eigenvalue weighted by atomic mass is 10.1. The van der Waals surface area contributed by atoms with Gasteiger partial charge in [-0.05, 0) is 44.0 Å². The highest BCUT2D eigenvalue weighted by atomic mass is 35.5. The maximum Gasteiger partial charge on any atom is 0.239 e. The molecule has 2 atom stereocenters. The first-order chi connectivity index (χ1) is 8.59. The minimum Gasteiger partial charge on any atom is -0.338 e. The molecule has 0 radical (unpaired) electrons. The number of nitrogens with zero attached hydrogens (tertiary/aromatic N) is 1. The molecule has 1 heterocycles. The first kappa shape index (κ1) is 13.4. The number of carbonyl (C=O) groups excluding carboxylic acids is 1. The Balaban J connectivity index is 2.08. The van der Waals surface area contributed by atoms with E-state index in [1.165, 1.54) is 0 Å². The quantitative estimate of drug-likeness (QED) is 0.912. The highest BCUT2D eigenvalue weighted by Crippen LogP contribution is 2.23. The molecule has 1 fully saturated rings. The summed E-state index contributed by atoms with van der Waals surface area (Å²) in [5, 5.41) is 3.95. The Hall–Kier alpha value is -1.06. The number of likely N-dealkylation sites (N-methyl/N-ethyl adjacent to an activating group) is 1. The molecule has 1 unspecified atom stereocenters. The molecule has 18 heavy (non-hydrogen) atoms. The summed E-state index contributed by atoms with van der Waals surface area (Å²) in [6.45, 7) is 2.97. The van der Waals surface area contributed by atoms with Crippen molar-refractivity contribution in [3.05, 3.63) is 34.9 Å². The van der Waals surface area contributed by atoms with E-state index in [0.717, 1.165) is 24.9 Å². The van der Waals surface area contributed by atoms with Crippen LogP contribution in [0, 0.1) is 0 Å². The third-order valence-corrected chi connectivity index (χ3v) is 3.85. The lowest BCUT2D eigenvalue weighted by Gasteiger charge is -2.28. The molecule has 0 aromatic heterocycles. The second kappa shape index (κ2) is 5.72. The van der Waals surface area contributed by atoms with Gasteiger partial charge in [-0.1, -0.05) is 23.7 Å². The number of amides is 1. The van der Waals surface area contributed by atoms with Gasteiger partial charge >= 0.3 is 0 Å². The van der Waals surface area contributed by atoms with Crippen molar-refractivity contribution in [3.63, 3.8) is 0 Å². The van der Waals surface area contributed by atoms with Crippen LogP contribution in [0.5, 0.6) is 0 Å². The van der Waals surface area contributed by atoms with Crippen molar-refractivity contribution in [2.75, 3.05) is 13.6 Å². The van der Waals surface area contributed by atoms with Crippen molar-refractivity contribution in [3.8, 4) is 0 Å². The van der Waals surface area contributed by atoms with Gasteiger partial charge in [-0.25, -0.2) is 0 Å². The van der Waals surface area contributed by atoms with Crippen molar-refractivity contribution in [2.45, 2.75) is 31.8 Å². The van der Waals surface area contributed by atoms with Gasteiger partial charge in [-0.15, -0.1) is 0 Å². The molecule has 1 amide bonds. The summed E-state index contributed by atoms with van der Waals surface area (Å²) in [4.78, 5) is 14.1. The Morgan fingerprint density at radius 2 is 2.33 bits per heavy atom. The van der Waals surface area contributed by atoms with Crippen LogP contribution in [0.15, 0.2) is 24.3 Å². The molecular weight excluding hydrogens is 248 g/mol. The van der Waals surface area contributed by atoms with Crippen molar-refractivity contribution in [1.29, 1.82) is 0 Å². The summed E-state index contributed by atoms with van der Waals surface area (Å²) in [5.74, 6) is 0.167. The second-order valence-corrected chi connectivity index (χ2v) is 5.27. The van der Waals surface area contributed by atoms with Crippen LogP contribution >= 0.6 is 11.6 Å². The second-order valence-electron chi connectivity index (χ2n) is 4.83. The molecule has 0 saturated carbocycles. The van der Waals surface area contributed by atoms with Crippen molar-refractivity contribution in [2.24, 2.45) is 0 Å². The minimum absolute atomic E-state index is 0.0170.